The highest BCUT2D eigenvalue weighted by molar-refractivity contribution is 5.95. The first-order valence-corrected chi connectivity index (χ1v) is 30.0. The molecule has 0 heterocycles. The second-order valence-corrected chi connectivity index (χ2v) is 24.2. The number of rotatable bonds is 12. The van der Waals surface area contributed by atoms with Crippen molar-refractivity contribution in [1.82, 2.24) is 0 Å². The van der Waals surface area contributed by atoms with E-state index < -0.39 is 0 Å². The Labute approximate surface area is 505 Å². The summed E-state index contributed by atoms with van der Waals surface area (Å²) in [5, 5.41) is 4.85. The maximum Gasteiger partial charge on any atom is 0.0468 e. The Morgan fingerprint density at radius 3 is 0.872 bits per heavy atom. The topological polar surface area (TPSA) is 6.48 Å². The quantitative estimate of drug-likeness (QED) is 0.113. The van der Waals surface area contributed by atoms with Crippen LogP contribution in [0.2, 0.25) is 0 Å². The van der Waals surface area contributed by atoms with Crippen molar-refractivity contribution in [2.24, 2.45) is 0 Å². The van der Waals surface area contributed by atoms with Gasteiger partial charge in [-0.05, 0) is 220 Å². The minimum Gasteiger partial charge on any atom is -0.310 e. The fourth-order valence-corrected chi connectivity index (χ4v) is 13.5. The van der Waals surface area contributed by atoms with Gasteiger partial charge in [0.2, 0.25) is 0 Å². The zero-order chi connectivity index (χ0) is 57.9. The molecule has 0 unspecified atom stereocenters. The van der Waals surface area contributed by atoms with E-state index in [2.05, 4.69) is 353 Å². The van der Waals surface area contributed by atoms with Gasteiger partial charge in [0.05, 0.1) is 0 Å². The Bertz CT molecular complexity index is 4380. The Kier molecular flexibility index (Phi) is 12.9. The summed E-state index contributed by atoms with van der Waals surface area (Å²) in [6.45, 7) is 9.63. The first-order chi connectivity index (χ1) is 42.1. The average molecular weight is 1100 g/mol. The number of nitrogens with zero attached hydrogens (tertiary/aromatic N) is 2. The molecule has 0 saturated carbocycles. The molecular formula is C84H64N2. The van der Waals surface area contributed by atoms with Gasteiger partial charge in [-0.2, -0.15) is 0 Å². The van der Waals surface area contributed by atoms with Gasteiger partial charge in [-0.15, -0.1) is 0 Å². The van der Waals surface area contributed by atoms with E-state index in [1.807, 2.05) is 0 Å². The van der Waals surface area contributed by atoms with Crippen molar-refractivity contribution < 1.29 is 0 Å². The third-order valence-corrected chi connectivity index (χ3v) is 18.2. The summed E-state index contributed by atoms with van der Waals surface area (Å²) in [5.74, 6) is 0. The van der Waals surface area contributed by atoms with Crippen molar-refractivity contribution in [2.75, 3.05) is 9.80 Å². The zero-order valence-corrected chi connectivity index (χ0v) is 48.9. The molecule has 0 amide bonds. The van der Waals surface area contributed by atoms with Crippen molar-refractivity contribution in [2.45, 2.75) is 38.5 Å². The molecule has 0 spiro atoms. The summed E-state index contributed by atoms with van der Waals surface area (Å²) in [7, 11) is 0. The van der Waals surface area contributed by atoms with Crippen LogP contribution in [-0.2, 0) is 10.8 Å². The van der Waals surface area contributed by atoms with E-state index in [0.29, 0.717) is 0 Å². The van der Waals surface area contributed by atoms with Crippen LogP contribution < -0.4 is 9.80 Å². The van der Waals surface area contributed by atoms with Crippen LogP contribution in [0.25, 0.3) is 90.4 Å². The normalized spacial score (nSPS) is 13.4. The van der Waals surface area contributed by atoms with E-state index in [4.69, 9.17) is 0 Å². The smallest absolute Gasteiger partial charge is 0.0468 e. The Morgan fingerprint density at radius 2 is 0.512 bits per heavy atom. The van der Waals surface area contributed by atoms with Crippen LogP contribution in [0.1, 0.15) is 72.2 Å². The maximum atomic E-state index is 2.52. The predicted octanol–water partition coefficient (Wildman–Crippen LogP) is 23.2. The molecule has 15 rings (SSSR count). The molecular weight excluding hydrogens is 1040 g/mol. The maximum absolute atomic E-state index is 2.52. The minimum absolute atomic E-state index is 0.154. The second-order valence-electron chi connectivity index (χ2n) is 24.2. The number of fused-ring (bicyclic) bond motifs is 8. The third kappa shape index (κ3) is 9.50. The van der Waals surface area contributed by atoms with Crippen molar-refractivity contribution in [3.63, 3.8) is 0 Å². The molecule has 0 saturated heterocycles. The summed E-state index contributed by atoms with van der Waals surface area (Å²) in [6.07, 6.45) is 8.89. The summed E-state index contributed by atoms with van der Waals surface area (Å²) in [6, 6.07) is 107. The molecule has 2 aliphatic rings. The predicted molar refractivity (Wildman–Crippen MR) is 368 cm³/mol. The number of anilines is 6. The van der Waals surface area contributed by atoms with E-state index in [9.17, 15) is 0 Å². The van der Waals surface area contributed by atoms with E-state index >= 15 is 0 Å². The molecule has 0 radical (unpaired) electrons. The molecule has 0 aliphatic heterocycles. The zero-order valence-electron chi connectivity index (χ0n) is 48.9. The van der Waals surface area contributed by atoms with E-state index in [0.717, 1.165) is 34.1 Å². The molecule has 86 heavy (non-hydrogen) atoms. The third-order valence-electron chi connectivity index (χ3n) is 18.2. The van der Waals surface area contributed by atoms with Gasteiger partial charge in [-0.3, -0.25) is 0 Å². The van der Waals surface area contributed by atoms with Crippen molar-refractivity contribution >= 4 is 80.0 Å². The lowest BCUT2D eigenvalue weighted by atomic mass is 9.79. The highest BCUT2D eigenvalue weighted by Gasteiger charge is 2.42. The van der Waals surface area contributed by atoms with Gasteiger partial charge in [0, 0.05) is 45.0 Å². The SMILES string of the molecule is CC1(C)c2cc(-c3ccc(C=Cc4ccc5cc(N(c6ccccc6)c6ccccc6)ccc5c4)cc3)ccc2-c2cc3c(cc21)-c1ccc(-c2ccc(C=Cc4ccc5cc(N(c6ccccc6)c6ccccc6)ccc5c4)cc2)cc1C3(C)C. The molecule has 2 nitrogen and oxygen atoms in total. The molecule has 2 heteroatoms. The highest BCUT2D eigenvalue weighted by atomic mass is 15.1. The molecule has 2 aliphatic carbocycles. The highest BCUT2D eigenvalue weighted by Crippen LogP contribution is 2.57. The number of hydrogen-bond donors (Lipinski definition) is 0. The Balaban J connectivity index is 0.625. The van der Waals surface area contributed by atoms with Crippen LogP contribution in [0.15, 0.2) is 291 Å². The van der Waals surface area contributed by atoms with Crippen LogP contribution in [0, 0.1) is 0 Å². The fourth-order valence-electron chi connectivity index (χ4n) is 13.5. The van der Waals surface area contributed by atoms with Crippen molar-refractivity contribution in [3.8, 4) is 44.5 Å². The van der Waals surface area contributed by atoms with Gasteiger partial charge in [0.1, 0.15) is 0 Å². The van der Waals surface area contributed by atoms with E-state index in [-0.39, 0.29) is 10.8 Å². The minimum atomic E-state index is -0.154. The largest absolute Gasteiger partial charge is 0.310 e. The average Bonchev–Trinajstić information content (AvgIpc) is 1.59. The monoisotopic (exact) mass is 1100 g/mol. The van der Waals surface area contributed by atoms with Crippen molar-refractivity contribution in [1.29, 1.82) is 0 Å². The van der Waals surface area contributed by atoms with Crippen LogP contribution >= 0.6 is 0 Å². The second kappa shape index (κ2) is 21.3. The fraction of sp³-hybridized carbons (Fsp3) is 0.0714. The molecule has 0 fully saturated rings. The first kappa shape index (κ1) is 52.3. The lowest BCUT2D eigenvalue weighted by Gasteiger charge is -2.25. The Hall–Kier alpha value is -10.5. The van der Waals surface area contributed by atoms with Crippen LogP contribution in [0.4, 0.5) is 34.1 Å². The van der Waals surface area contributed by atoms with Gasteiger partial charge < -0.3 is 9.80 Å². The lowest BCUT2D eigenvalue weighted by Crippen LogP contribution is -2.17. The van der Waals surface area contributed by atoms with Crippen molar-refractivity contribution in [3.05, 3.63) is 336 Å². The van der Waals surface area contributed by atoms with Gasteiger partial charge >= 0.3 is 0 Å². The van der Waals surface area contributed by atoms with Crippen LogP contribution in [-0.4, -0.2) is 0 Å². The molecule has 0 atom stereocenters. The molecule has 0 N–H and O–H groups in total. The van der Waals surface area contributed by atoms with Crippen LogP contribution in [0.5, 0.6) is 0 Å². The molecule has 0 aromatic heterocycles. The summed E-state index contributed by atoms with van der Waals surface area (Å²) in [4.78, 5) is 4.63. The molecule has 410 valence electrons. The van der Waals surface area contributed by atoms with E-state index in [1.165, 1.54) is 111 Å². The summed E-state index contributed by atoms with van der Waals surface area (Å²) < 4.78 is 0. The number of hydrogen-bond acceptors (Lipinski definition) is 2. The standard InChI is InChI=1S/C84H64N2/c1-83(2)79-53-67(61-35-29-57(30-36-61)25-27-59-33-39-65-51-73(45-41-63(65)49-59)85(69-17-9-5-10-18-69)70-19-11-6-12-20-70)43-47-75(79)77-56-82-78(55-81(77)83)76-48-44-68(54-80(76)84(82,3)4)62-37-31-58(32-38-62)26-28-60-34-40-66-52-74(46-42-64(66)50-60)86(71-21-13-7-14-22-71)72-23-15-8-16-24-72/h5-56H,1-4H3. The van der Waals surface area contributed by atoms with Gasteiger partial charge in [0.25, 0.3) is 0 Å². The van der Waals surface area contributed by atoms with Gasteiger partial charge in [0.15, 0.2) is 0 Å². The number of para-hydroxylation sites is 4. The number of benzene rings is 13. The first-order valence-electron chi connectivity index (χ1n) is 30.0. The summed E-state index contributed by atoms with van der Waals surface area (Å²) >= 11 is 0. The van der Waals surface area contributed by atoms with Crippen LogP contribution in [0.3, 0.4) is 0 Å². The van der Waals surface area contributed by atoms with Gasteiger partial charge in [-0.1, -0.05) is 234 Å². The van der Waals surface area contributed by atoms with E-state index in [1.54, 1.807) is 0 Å². The Morgan fingerprint density at radius 1 is 0.221 bits per heavy atom. The molecule has 13 aromatic rings. The summed E-state index contributed by atoms with van der Waals surface area (Å²) in [5.41, 5.74) is 27.2. The van der Waals surface area contributed by atoms with Gasteiger partial charge in [-0.25, -0.2) is 0 Å². The lowest BCUT2D eigenvalue weighted by molar-refractivity contribution is 0.652. The molecule has 13 aromatic carbocycles. The molecule has 0 bridgehead atoms.